The summed E-state index contributed by atoms with van der Waals surface area (Å²) in [7, 11) is 0. The number of hydrogen-bond acceptors (Lipinski definition) is 5. The predicted molar refractivity (Wildman–Crippen MR) is 102 cm³/mol. The van der Waals surface area contributed by atoms with Gasteiger partial charge in [-0.25, -0.2) is 4.79 Å². The van der Waals surface area contributed by atoms with Crippen molar-refractivity contribution in [3.05, 3.63) is 83.4 Å². The lowest BCUT2D eigenvalue weighted by Crippen LogP contribution is -1.95. The Hall–Kier alpha value is -3.93. The lowest BCUT2D eigenvalue weighted by Gasteiger charge is -1.98. The Bertz CT molecular complexity index is 925. The summed E-state index contributed by atoms with van der Waals surface area (Å²) < 4.78 is 0. The van der Waals surface area contributed by atoms with E-state index in [0.29, 0.717) is 5.56 Å². The number of phenolic OH excluding ortho intramolecular Hbond substituents is 3. The highest BCUT2D eigenvalue weighted by Gasteiger charge is 2.05. The van der Waals surface area contributed by atoms with Crippen molar-refractivity contribution in [3.8, 4) is 23.0 Å². The maximum absolute atomic E-state index is 10.3. The lowest BCUT2D eigenvalue weighted by atomic mass is 10.1. The average Bonchev–Trinajstić information content (AvgIpc) is 2.61. The second kappa shape index (κ2) is 8.96. The molecule has 0 aliphatic rings. The van der Waals surface area contributed by atoms with Crippen LogP contribution in [0.2, 0.25) is 0 Å². The quantitative estimate of drug-likeness (QED) is 0.446. The van der Waals surface area contributed by atoms with E-state index in [9.17, 15) is 15.0 Å². The summed E-state index contributed by atoms with van der Waals surface area (Å²) in [5, 5.41) is 45.0. The van der Waals surface area contributed by atoms with Crippen LogP contribution in [0.3, 0.4) is 0 Å². The van der Waals surface area contributed by atoms with Crippen molar-refractivity contribution in [1.29, 1.82) is 0 Å². The number of rotatable bonds is 3. The summed E-state index contributed by atoms with van der Waals surface area (Å²) in [5.74, 6) is -1.05. The normalized spacial score (nSPS) is 10.2. The number of carboxylic acids is 1. The molecule has 0 aromatic heterocycles. The highest BCUT2D eigenvalue weighted by atomic mass is 16.4. The molecule has 138 valence electrons. The number of para-hydroxylation sites is 1. The minimum absolute atomic E-state index is 0.0235. The fraction of sp³-hybridized carbons (Fsp3) is 0. The van der Waals surface area contributed by atoms with Crippen molar-refractivity contribution in [2.45, 2.75) is 0 Å². The van der Waals surface area contributed by atoms with Crippen LogP contribution < -0.4 is 0 Å². The van der Waals surface area contributed by atoms with E-state index in [4.69, 9.17) is 15.3 Å². The van der Waals surface area contributed by atoms with Crippen molar-refractivity contribution in [3.63, 3.8) is 0 Å². The largest absolute Gasteiger partial charge is 0.508 e. The Morgan fingerprint density at radius 3 is 1.74 bits per heavy atom. The number of hydrogen-bond donors (Lipinski definition) is 5. The van der Waals surface area contributed by atoms with Gasteiger partial charge in [-0.15, -0.1) is 0 Å². The van der Waals surface area contributed by atoms with E-state index in [1.807, 2.05) is 6.08 Å². The van der Waals surface area contributed by atoms with Crippen LogP contribution in [0.15, 0.2) is 66.7 Å². The number of phenols is 4. The summed E-state index contributed by atoms with van der Waals surface area (Å²) in [6.45, 7) is 0. The van der Waals surface area contributed by atoms with E-state index in [-0.39, 0.29) is 28.6 Å². The van der Waals surface area contributed by atoms with E-state index in [0.717, 1.165) is 5.56 Å². The first-order valence-corrected chi connectivity index (χ1v) is 7.86. The highest BCUT2D eigenvalue weighted by molar-refractivity contribution is 5.90. The molecule has 0 spiro atoms. The van der Waals surface area contributed by atoms with Crippen molar-refractivity contribution >= 4 is 18.1 Å². The summed E-state index contributed by atoms with van der Waals surface area (Å²) >= 11 is 0. The van der Waals surface area contributed by atoms with Crippen LogP contribution >= 0.6 is 0 Å². The van der Waals surface area contributed by atoms with Gasteiger partial charge < -0.3 is 25.5 Å². The molecule has 3 rings (SSSR count). The average molecular weight is 366 g/mol. The van der Waals surface area contributed by atoms with E-state index >= 15 is 0 Å². The Labute approximate surface area is 155 Å². The van der Waals surface area contributed by atoms with Gasteiger partial charge in [0.15, 0.2) is 0 Å². The standard InChI is InChI=1S/C14H12O3.C7H6O3/c15-12-5-3-10(4-6-12)1-2-11-7-13(16)9-14(17)8-11;8-6-4-2-1-3-5(6)7(9)10/h1-9,15-17H;1-4,8H,(H,9,10). The van der Waals surface area contributed by atoms with Gasteiger partial charge in [-0.3, -0.25) is 0 Å². The predicted octanol–water partition coefficient (Wildman–Crippen LogP) is 4.06. The Morgan fingerprint density at radius 2 is 1.22 bits per heavy atom. The van der Waals surface area contributed by atoms with Gasteiger partial charge in [0.1, 0.15) is 28.6 Å². The Kier molecular flexibility index (Phi) is 6.44. The highest BCUT2D eigenvalue weighted by Crippen LogP contribution is 2.22. The molecule has 0 saturated carbocycles. The third kappa shape index (κ3) is 6.13. The smallest absolute Gasteiger partial charge is 0.339 e. The SMILES string of the molecule is O=C(O)c1ccccc1O.Oc1ccc(C=Cc2cc(O)cc(O)c2)cc1. The molecule has 0 bridgehead atoms. The zero-order chi connectivity index (χ0) is 19.8. The molecule has 5 N–H and O–H groups in total. The zero-order valence-electron chi connectivity index (χ0n) is 14.1. The molecular formula is C21H18O6. The van der Waals surface area contributed by atoms with Gasteiger partial charge in [-0.1, -0.05) is 36.4 Å². The number of aromatic hydroxyl groups is 4. The molecule has 3 aromatic carbocycles. The van der Waals surface area contributed by atoms with Crippen molar-refractivity contribution in [2.75, 3.05) is 0 Å². The first-order valence-electron chi connectivity index (χ1n) is 7.86. The van der Waals surface area contributed by atoms with Gasteiger partial charge in [0.25, 0.3) is 0 Å². The van der Waals surface area contributed by atoms with Crippen LogP contribution in [-0.2, 0) is 0 Å². The number of benzene rings is 3. The molecule has 6 heteroatoms. The van der Waals surface area contributed by atoms with Crippen molar-refractivity contribution in [2.24, 2.45) is 0 Å². The molecule has 27 heavy (non-hydrogen) atoms. The second-order valence-corrected chi connectivity index (χ2v) is 5.53. The number of aromatic carboxylic acids is 1. The van der Waals surface area contributed by atoms with E-state index in [1.165, 1.54) is 18.2 Å². The summed E-state index contributed by atoms with van der Waals surface area (Å²) in [6, 6.07) is 16.9. The van der Waals surface area contributed by atoms with Crippen molar-refractivity contribution in [1.82, 2.24) is 0 Å². The fourth-order valence-electron chi connectivity index (χ4n) is 2.15. The number of carboxylic acid groups (broad SMARTS) is 1. The van der Waals surface area contributed by atoms with Crippen LogP contribution in [0, 0.1) is 0 Å². The van der Waals surface area contributed by atoms with E-state index < -0.39 is 5.97 Å². The van der Waals surface area contributed by atoms with Gasteiger partial charge in [-0.2, -0.15) is 0 Å². The molecule has 0 fully saturated rings. The van der Waals surface area contributed by atoms with Crippen LogP contribution in [0.25, 0.3) is 12.2 Å². The molecule has 0 heterocycles. The van der Waals surface area contributed by atoms with Crippen molar-refractivity contribution < 1.29 is 30.3 Å². The molecule has 0 unspecified atom stereocenters. The van der Waals surface area contributed by atoms with Crippen LogP contribution in [0.1, 0.15) is 21.5 Å². The third-order valence-electron chi connectivity index (χ3n) is 3.42. The van der Waals surface area contributed by atoms with Crippen LogP contribution in [0.4, 0.5) is 0 Å². The minimum atomic E-state index is -1.11. The molecule has 0 saturated heterocycles. The molecule has 0 aliphatic heterocycles. The fourth-order valence-corrected chi connectivity index (χ4v) is 2.15. The minimum Gasteiger partial charge on any atom is -0.508 e. The Balaban J connectivity index is 0.000000223. The summed E-state index contributed by atoms with van der Waals surface area (Å²) in [6.07, 6.45) is 3.60. The molecule has 0 radical (unpaired) electrons. The van der Waals surface area contributed by atoms with Gasteiger partial charge in [0, 0.05) is 6.07 Å². The molecule has 0 atom stereocenters. The summed E-state index contributed by atoms with van der Waals surface area (Å²) in [5.41, 5.74) is 1.56. The van der Waals surface area contributed by atoms with E-state index in [1.54, 1.807) is 54.6 Å². The van der Waals surface area contributed by atoms with Gasteiger partial charge in [-0.05, 0) is 47.5 Å². The van der Waals surface area contributed by atoms with Gasteiger partial charge in [0.2, 0.25) is 0 Å². The molecule has 3 aromatic rings. The first-order chi connectivity index (χ1) is 12.8. The second-order valence-electron chi connectivity index (χ2n) is 5.53. The molecule has 0 amide bonds. The third-order valence-corrected chi connectivity index (χ3v) is 3.42. The Morgan fingerprint density at radius 1 is 0.667 bits per heavy atom. The number of carbonyl (C=O) groups is 1. The maximum Gasteiger partial charge on any atom is 0.339 e. The lowest BCUT2D eigenvalue weighted by molar-refractivity contribution is 0.0693. The summed E-state index contributed by atoms with van der Waals surface area (Å²) in [4.78, 5) is 10.3. The van der Waals surface area contributed by atoms with Gasteiger partial charge in [0.05, 0.1) is 0 Å². The van der Waals surface area contributed by atoms with E-state index in [2.05, 4.69) is 0 Å². The molecule has 6 nitrogen and oxygen atoms in total. The maximum atomic E-state index is 10.3. The molecule has 0 aliphatic carbocycles. The zero-order valence-corrected chi connectivity index (χ0v) is 14.1. The monoisotopic (exact) mass is 366 g/mol. The molecular weight excluding hydrogens is 348 g/mol. The topological polar surface area (TPSA) is 118 Å². The van der Waals surface area contributed by atoms with Gasteiger partial charge >= 0.3 is 5.97 Å². The first kappa shape index (κ1) is 19.4. The van der Waals surface area contributed by atoms with Crippen LogP contribution in [-0.4, -0.2) is 31.5 Å². The van der Waals surface area contributed by atoms with Crippen LogP contribution in [0.5, 0.6) is 23.0 Å².